The standard InChI is InChI=1S/C28H30N4O5/c1-31(2)13-16(35-3)14-32-15-20(18-10-23(36-4)24(37-5)11-22(18)32)26-25(27(33)30-28(26)34)19-12-29-21-9-7-6-8-17(19)21/h6-12,15-16,29H,13-14H2,1-5H3,(H,30,33,34). The molecule has 2 amide bonds. The van der Waals surface area contributed by atoms with Crippen molar-refractivity contribution in [3.8, 4) is 11.5 Å². The second-order valence-electron chi connectivity index (χ2n) is 9.32. The average Bonchev–Trinajstić information content (AvgIpc) is 3.54. The van der Waals surface area contributed by atoms with Crippen molar-refractivity contribution >= 4 is 44.8 Å². The van der Waals surface area contributed by atoms with Crippen molar-refractivity contribution in [2.24, 2.45) is 0 Å². The van der Waals surface area contributed by atoms with Gasteiger partial charge < -0.3 is 28.7 Å². The number of likely N-dealkylation sites (N-methyl/N-ethyl adjacent to an activating group) is 1. The van der Waals surface area contributed by atoms with Gasteiger partial charge in [0, 0.05) is 59.5 Å². The molecule has 1 aliphatic heterocycles. The van der Waals surface area contributed by atoms with E-state index in [2.05, 4.69) is 15.2 Å². The minimum absolute atomic E-state index is 0.104. The summed E-state index contributed by atoms with van der Waals surface area (Å²) < 4.78 is 18.9. The molecule has 37 heavy (non-hydrogen) atoms. The quantitative estimate of drug-likeness (QED) is 0.341. The van der Waals surface area contributed by atoms with E-state index >= 15 is 0 Å². The Morgan fingerprint density at radius 3 is 2.27 bits per heavy atom. The van der Waals surface area contributed by atoms with E-state index in [4.69, 9.17) is 14.2 Å². The molecule has 0 bridgehead atoms. The molecule has 1 aliphatic rings. The Hall–Kier alpha value is -4.08. The molecule has 0 fully saturated rings. The summed E-state index contributed by atoms with van der Waals surface area (Å²) in [5, 5.41) is 4.15. The summed E-state index contributed by atoms with van der Waals surface area (Å²) >= 11 is 0. The van der Waals surface area contributed by atoms with Gasteiger partial charge >= 0.3 is 0 Å². The van der Waals surface area contributed by atoms with Crippen LogP contribution in [0.4, 0.5) is 0 Å². The highest BCUT2D eigenvalue weighted by molar-refractivity contribution is 6.50. The minimum atomic E-state index is -0.435. The van der Waals surface area contributed by atoms with Crippen LogP contribution in [0.2, 0.25) is 0 Å². The number of nitrogens with one attached hydrogen (secondary N) is 2. The Kier molecular flexibility index (Phi) is 6.49. The molecule has 192 valence electrons. The number of nitrogens with zero attached hydrogens (tertiary/aromatic N) is 2. The summed E-state index contributed by atoms with van der Waals surface area (Å²) in [7, 11) is 8.83. The molecule has 1 unspecified atom stereocenters. The number of methoxy groups -OCH3 is 3. The molecular weight excluding hydrogens is 472 g/mol. The lowest BCUT2D eigenvalue weighted by molar-refractivity contribution is -0.122. The minimum Gasteiger partial charge on any atom is -0.493 e. The molecule has 0 aliphatic carbocycles. The number of hydrogen-bond acceptors (Lipinski definition) is 6. The molecule has 0 saturated heterocycles. The van der Waals surface area contributed by atoms with Gasteiger partial charge in [0.2, 0.25) is 0 Å². The van der Waals surface area contributed by atoms with Crippen LogP contribution in [0.25, 0.3) is 33.0 Å². The zero-order chi connectivity index (χ0) is 26.3. The monoisotopic (exact) mass is 502 g/mol. The molecule has 0 radical (unpaired) electrons. The summed E-state index contributed by atoms with van der Waals surface area (Å²) in [4.78, 5) is 31.7. The van der Waals surface area contributed by atoms with Crippen molar-refractivity contribution in [2.45, 2.75) is 12.6 Å². The third kappa shape index (κ3) is 4.26. The molecule has 0 saturated carbocycles. The molecule has 9 heteroatoms. The Bertz CT molecular complexity index is 1540. The number of para-hydroxylation sites is 1. The fourth-order valence-corrected chi connectivity index (χ4v) is 5.05. The van der Waals surface area contributed by atoms with E-state index < -0.39 is 11.8 Å². The molecule has 2 aromatic heterocycles. The molecule has 1 atom stereocenters. The Labute approximate surface area is 214 Å². The number of fused-ring (bicyclic) bond motifs is 2. The van der Waals surface area contributed by atoms with E-state index in [0.29, 0.717) is 46.9 Å². The van der Waals surface area contributed by atoms with Gasteiger partial charge in [-0.15, -0.1) is 0 Å². The summed E-state index contributed by atoms with van der Waals surface area (Å²) in [6.07, 6.45) is 3.58. The van der Waals surface area contributed by atoms with Crippen LogP contribution in [0.15, 0.2) is 48.8 Å². The van der Waals surface area contributed by atoms with Crippen molar-refractivity contribution in [1.82, 2.24) is 19.8 Å². The van der Waals surface area contributed by atoms with Crippen LogP contribution in [-0.2, 0) is 20.9 Å². The summed E-state index contributed by atoms with van der Waals surface area (Å²) in [5.41, 5.74) is 3.71. The maximum absolute atomic E-state index is 13.3. The average molecular weight is 503 g/mol. The fraction of sp³-hybridized carbons (Fsp3) is 0.286. The Morgan fingerprint density at radius 2 is 1.59 bits per heavy atom. The smallest absolute Gasteiger partial charge is 0.259 e. The number of carbonyl (C=O) groups excluding carboxylic acids is 2. The van der Waals surface area contributed by atoms with Crippen LogP contribution >= 0.6 is 0 Å². The van der Waals surface area contributed by atoms with Gasteiger partial charge in [-0.05, 0) is 26.2 Å². The van der Waals surface area contributed by atoms with E-state index in [9.17, 15) is 9.59 Å². The van der Waals surface area contributed by atoms with Gasteiger partial charge in [-0.3, -0.25) is 14.9 Å². The maximum Gasteiger partial charge on any atom is 0.259 e. The summed E-state index contributed by atoms with van der Waals surface area (Å²) in [6.45, 7) is 1.24. The van der Waals surface area contributed by atoms with Crippen molar-refractivity contribution < 1.29 is 23.8 Å². The fourth-order valence-electron chi connectivity index (χ4n) is 5.05. The van der Waals surface area contributed by atoms with Crippen LogP contribution in [-0.4, -0.2) is 74.3 Å². The molecule has 4 aromatic rings. The normalized spacial score (nSPS) is 14.8. The van der Waals surface area contributed by atoms with Gasteiger partial charge in [0.15, 0.2) is 11.5 Å². The topological polar surface area (TPSA) is 97.8 Å². The number of ether oxygens (including phenoxy) is 3. The largest absolute Gasteiger partial charge is 0.493 e. The molecule has 2 aromatic carbocycles. The molecule has 9 nitrogen and oxygen atoms in total. The molecule has 5 rings (SSSR count). The molecule has 3 heterocycles. The Morgan fingerprint density at radius 1 is 0.919 bits per heavy atom. The second kappa shape index (κ2) is 9.76. The van der Waals surface area contributed by atoms with Crippen LogP contribution < -0.4 is 14.8 Å². The highest BCUT2D eigenvalue weighted by Crippen LogP contribution is 2.41. The van der Waals surface area contributed by atoms with Gasteiger partial charge in [0.25, 0.3) is 11.8 Å². The first-order chi connectivity index (χ1) is 17.9. The van der Waals surface area contributed by atoms with Crippen LogP contribution in [0.1, 0.15) is 11.1 Å². The highest BCUT2D eigenvalue weighted by Gasteiger charge is 2.35. The third-order valence-corrected chi connectivity index (χ3v) is 6.75. The lowest BCUT2D eigenvalue weighted by atomic mass is 9.95. The SMILES string of the molecule is COc1cc2c(C3=C(c4c[nH]c5ccccc45)C(=O)NC3=O)cn(CC(CN(C)C)OC)c2cc1OC. The summed E-state index contributed by atoms with van der Waals surface area (Å²) in [5.74, 6) is 0.244. The highest BCUT2D eigenvalue weighted by atomic mass is 16.5. The lowest BCUT2D eigenvalue weighted by Gasteiger charge is -2.21. The number of amides is 2. The number of hydrogen-bond donors (Lipinski definition) is 2. The van der Waals surface area contributed by atoms with Crippen LogP contribution in [0.3, 0.4) is 0 Å². The Balaban J connectivity index is 1.77. The predicted octanol–water partition coefficient (Wildman–Crippen LogP) is 3.28. The van der Waals surface area contributed by atoms with Gasteiger partial charge in [0.05, 0.1) is 43.5 Å². The number of H-pyrrole nitrogens is 1. The molecular formula is C28H30N4O5. The van der Waals surface area contributed by atoms with Crippen molar-refractivity contribution in [2.75, 3.05) is 42.0 Å². The number of benzene rings is 2. The van der Waals surface area contributed by atoms with E-state index in [1.54, 1.807) is 27.5 Å². The van der Waals surface area contributed by atoms with E-state index in [1.165, 1.54) is 0 Å². The van der Waals surface area contributed by atoms with E-state index in [1.807, 2.05) is 61.3 Å². The van der Waals surface area contributed by atoms with E-state index in [0.717, 1.165) is 21.8 Å². The number of rotatable bonds is 9. The van der Waals surface area contributed by atoms with Crippen LogP contribution in [0, 0.1) is 0 Å². The van der Waals surface area contributed by atoms with Crippen LogP contribution in [0.5, 0.6) is 11.5 Å². The van der Waals surface area contributed by atoms with Gasteiger partial charge in [-0.1, -0.05) is 18.2 Å². The first kappa shape index (κ1) is 24.6. The lowest BCUT2D eigenvalue weighted by Crippen LogP contribution is -2.31. The number of aromatic amines is 1. The zero-order valence-corrected chi connectivity index (χ0v) is 21.5. The van der Waals surface area contributed by atoms with Gasteiger partial charge in [-0.25, -0.2) is 0 Å². The first-order valence-electron chi connectivity index (χ1n) is 12.0. The van der Waals surface area contributed by atoms with Crippen molar-refractivity contribution in [1.29, 1.82) is 0 Å². The zero-order valence-electron chi connectivity index (χ0n) is 21.5. The number of carbonyl (C=O) groups is 2. The predicted molar refractivity (Wildman–Crippen MR) is 143 cm³/mol. The number of imide groups is 1. The van der Waals surface area contributed by atoms with Gasteiger partial charge in [0.1, 0.15) is 0 Å². The number of aromatic nitrogens is 2. The molecule has 2 N–H and O–H groups in total. The van der Waals surface area contributed by atoms with Crippen molar-refractivity contribution in [3.05, 3.63) is 59.9 Å². The maximum atomic E-state index is 13.3. The molecule has 0 spiro atoms. The van der Waals surface area contributed by atoms with Crippen molar-refractivity contribution in [3.63, 3.8) is 0 Å². The summed E-state index contributed by atoms with van der Waals surface area (Å²) in [6, 6.07) is 11.4. The third-order valence-electron chi connectivity index (χ3n) is 6.75. The second-order valence-corrected chi connectivity index (χ2v) is 9.32. The van der Waals surface area contributed by atoms with Gasteiger partial charge in [-0.2, -0.15) is 0 Å². The first-order valence-corrected chi connectivity index (χ1v) is 12.0. The van der Waals surface area contributed by atoms with E-state index in [-0.39, 0.29) is 6.10 Å².